The van der Waals surface area contributed by atoms with Crippen LogP contribution in [0, 0.1) is 5.92 Å². The van der Waals surface area contributed by atoms with Crippen LogP contribution in [0.4, 0.5) is 0 Å². The van der Waals surface area contributed by atoms with Crippen molar-refractivity contribution < 1.29 is 0 Å². The molecule has 0 aliphatic carbocycles. The lowest BCUT2D eigenvalue weighted by Gasteiger charge is -2.13. The second-order valence-electron chi connectivity index (χ2n) is 5.40. The van der Waals surface area contributed by atoms with Crippen molar-refractivity contribution in [2.75, 3.05) is 13.1 Å². The van der Waals surface area contributed by atoms with Crippen molar-refractivity contribution in [3.63, 3.8) is 0 Å². The van der Waals surface area contributed by atoms with Gasteiger partial charge in [-0.3, -0.25) is 0 Å². The van der Waals surface area contributed by atoms with E-state index in [4.69, 9.17) is 0 Å². The van der Waals surface area contributed by atoms with Gasteiger partial charge >= 0.3 is 0 Å². The van der Waals surface area contributed by atoms with Crippen LogP contribution in [0.15, 0.2) is 42.0 Å². The second-order valence-corrected chi connectivity index (χ2v) is 5.40. The van der Waals surface area contributed by atoms with Gasteiger partial charge in [-0.05, 0) is 30.4 Å². The van der Waals surface area contributed by atoms with Crippen LogP contribution < -0.4 is 5.32 Å². The lowest BCUT2D eigenvalue weighted by Crippen LogP contribution is -2.22. The number of hydrogen-bond donors (Lipinski definition) is 1. The maximum atomic E-state index is 3.52. The molecule has 1 aromatic rings. The molecule has 1 aromatic carbocycles. The Bertz CT molecular complexity index is 351. The summed E-state index contributed by atoms with van der Waals surface area (Å²) >= 11 is 0. The van der Waals surface area contributed by atoms with E-state index in [9.17, 15) is 0 Å². The third kappa shape index (κ3) is 5.50. The Morgan fingerprint density at radius 3 is 2.39 bits per heavy atom. The molecule has 1 rings (SSSR count). The minimum atomic E-state index is 0.502. The van der Waals surface area contributed by atoms with Crippen LogP contribution in [0.2, 0.25) is 0 Å². The second kappa shape index (κ2) is 8.10. The van der Waals surface area contributed by atoms with Gasteiger partial charge < -0.3 is 5.32 Å². The van der Waals surface area contributed by atoms with Crippen LogP contribution in [0.5, 0.6) is 0 Å². The molecule has 0 amide bonds. The summed E-state index contributed by atoms with van der Waals surface area (Å²) in [7, 11) is 0. The average Bonchev–Trinajstić information content (AvgIpc) is 2.38. The number of hydrogen-bond acceptors (Lipinski definition) is 1. The fraction of sp³-hybridized carbons (Fsp3) is 0.529. The van der Waals surface area contributed by atoms with Crippen molar-refractivity contribution >= 4 is 0 Å². The van der Waals surface area contributed by atoms with Gasteiger partial charge in [0, 0.05) is 6.54 Å². The number of rotatable bonds is 7. The summed E-state index contributed by atoms with van der Waals surface area (Å²) in [6, 6.07) is 10.7. The van der Waals surface area contributed by atoms with Crippen molar-refractivity contribution in [2.24, 2.45) is 5.92 Å². The Kier molecular flexibility index (Phi) is 6.74. The van der Waals surface area contributed by atoms with Crippen molar-refractivity contribution in [1.29, 1.82) is 0 Å². The standard InChI is InChI=1S/C17H27N/c1-5-16(13-18-12-14(2)3)11-15(4)17-9-7-6-8-10-17/h6-11,14-15,18H,5,12-13H2,1-4H3/b16-11-. The topological polar surface area (TPSA) is 12.0 Å². The van der Waals surface area contributed by atoms with Gasteiger partial charge in [-0.1, -0.05) is 69.7 Å². The van der Waals surface area contributed by atoms with Crippen LogP contribution in [0.25, 0.3) is 0 Å². The monoisotopic (exact) mass is 245 g/mol. The predicted molar refractivity (Wildman–Crippen MR) is 80.9 cm³/mol. The Morgan fingerprint density at radius 1 is 1.17 bits per heavy atom. The largest absolute Gasteiger partial charge is 0.313 e. The van der Waals surface area contributed by atoms with E-state index < -0.39 is 0 Å². The quantitative estimate of drug-likeness (QED) is 0.703. The van der Waals surface area contributed by atoms with E-state index in [2.05, 4.69) is 69.4 Å². The highest BCUT2D eigenvalue weighted by Gasteiger charge is 2.03. The number of allylic oxidation sites excluding steroid dienone is 1. The molecule has 0 saturated carbocycles. The van der Waals surface area contributed by atoms with Gasteiger partial charge in [-0.15, -0.1) is 0 Å². The molecule has 100 valence electrons. The van der Waals surface area contributed by atoms with Crippen molar-refractivity contribution in [2.45, 2.75) is 40.0 Å². The summed E-state index contributed by atoms with van der Waals surface area (Å²) in [6.07, 6.45) is 3.53. The predicted octanol–water partition coefficient (Wildman–Crippen LogP) is 4.37. The van der Waals surface area contributed by atoms with Crippen molar-refractivity contribution in [1.82, 2.24) is 5.32 Å². The summed E-state index contributed by atoms with van der Waals surface area (Å²) in [6.45, 7) is 11.1. The summed E-state index contributed by atoms with van der Waals surface area (Å²) in [5, 5.41) is 3.52. The zero-order valence-corrected chi connectivity index (χ0v) is 12.2. The molecular weight excluding hydrogens is 218 g/mol. The third-order valence-electron chi connectivity index (χ3n) is 3.17. The van der Waals surface area contributed by atoms with Gasteiger partial charge in [0.25, 0.3) is 0 Å². The molecule has 0 aliphatic rings. The van der Waals surface area contributed by atoms with E-state index >= 15 is 0 Å². The minimum absolute atomic E-state index is 0.502. The fourth-order valence-electron chi connectivity index (χ4n) is 2.03. The Labute approximate surface area is 112 Å². The highest BCUT2D eigenvalue weighted by atomic mass is 14.9. The molecule has 1 atom stereocenters. The highest BCUT2D eigenvalue weighted by Crippen LogP contribution is 2.18. The average molecular weight is 245 g/mol. The summed E-state index contributed by atoms with van der Waals surface area (Å²) in [4.78, 5) is 0. The van der Waals surface area contributed by atoms with Gasteiger partial charge in [-0.2, -0.15) is 0 Å². The van der Waals surface area contributed by atoms with Crippen molar-refractivity contribution in [3.05, 3.63) is 47.5 Å². The molecule has 0 aromatic heterocycles. The maximum Gasteiger partial charge on any atom is 0.0164 e. The Balaban J connectivity index is 2.55. The minimum Gasteiger partial charge on any atom is -0.313 e. The molecule has 0 spiro atoms. The van der Waals surface area contributed by atoms with Crippen LogP contribution in [0.3, 0.4) is 0 Å². The van der Waals surface area contributed by atoms with Gasteiger partial charge in [0.05, 0.1) is 0 Å². The smallest absolute Gasteiger partial charge is 0.0164 e. The van der Waals surface area contributed by atoms with Gasteiger partial charge in [0.2, 0.25) is 0 Å². The molecule has 1 N–H and O–H groups in total. The van der Waals surface area contributed by atoms with Crippen molar-refractivity contribution in [3.8, 4) is 0 Å². The fourth-order valence-corrected chi connectivity index (χ4v) is 2.03. The molecule has 0 radical (unpaired) electrons. The van der Waals surface area contributed by atoms with E-state index in [-0.39, 0.29) is 0 Å². The normalized spacial score (nSPS) is 13.9. The lowest BCUT2D eigenvalue weighted by atomic mass is 9.97. The van der Waals surface area contributed by atoms with E-state index in [0.29, 0.717) is 5.92 Å². The maximum absolute atomic E-state index is 3.52. The van der Waals surface area contributed by atoms with E-state index in [0.717, 1.165) is 25.4 Å². The third-order valence-corrected chi connectivity index (χ3v) is 3.17. The summed E-state index contributed by atoms with van der Waals surface area (Å²) < 4.78 is 0. The molecule has 0 aliphatic heterocycles. The molecule has 0 fully saturated rings. The van der Waals surface area contributed by atoms with Gasteiger partial charge in [0.1, 0.15) is 0 Å². The SMILES string of the molecule is CC/C(=C/C(C)c1ccccc1)CNCC(C)C. The van der Waals surface area contributed by atoms with Gasteiger partial charge in [0.15, 0.2) is 0 Å². The molecule has 0 heterocycles. The Morgan fingerprint density at radius 2 is 1.83 bits per heavy atom. The zero-order valence-electron chi connectivity index (χ0n) is 12.2. The van der Waals surface area contributed by atoms with E-state index in [1.54, 1.807) is 0 Å². The first-order valence-corrected chi connectivity index (χ1v) is 7.08. The molecule has 0 bridgehead atoms. The first kappa shape index (κ1) is 15.0. The van der Waals surface area contributed by atoms with E-state index in [1.165, 1.54) is 11.1 Å². The van der Waals surface area contributed by atoms with Crippen LogP contribution in [-0.2, 0) is 0 Å². The molecule has 1 heteroatoms. The summed E-state index contributed by atoms with van der Waals surface area (Å²) in [5.74, 6) is 1.22. The number of nitrogens with one attached hydrogen (secondary N) is 1. The van der Waals surface area contributed by atoms with Crippen LogP contribution in [-0.4, -0.2) is 13.1 Å². The van der Waals surface area contributed by atoms with Crippen LogP contribution >= 0.6 is 0 Å². The number of benzene rings is 1. The lowest BCUT2D eigenvalue weighted by molar-refractivity contribution is 0.568. The first-order valence-electron chi connectivity index (χ1n) is 7.08. The molecular formula is C17H27N. The van der Waals surface area contributed by atoms with E-state index in [1.807, 2.05) is 0 Å². The molecule has 1 unspecified atom stereocenters. The highest BCUT2D eigenvalue weighted by molar-refractivity contribution is 5.24. The summed E-state index contributed by atoms with van der Waals surface area (Å²) in [5.41, 5.74) is 2.90. The molecule has 1 nitrogen and oxygen atoms in total. The van der Waals surface area contributed by atoms with Gasteiger partial charge in [-0.25, -0.2) is 0 Å². The first-order chi connectivity index (χ1) is 8.63. The zero-order chi connectivity index (χ0) is 13.4. The molecule has 0 saturated heterocycles. The van der Waals surface area contributed by atoms with Crippen LogP contribution in [0.1, 0.15) is 45.6 Å². The Hall–Kier alpha value is -1.08. The molecule has 18 heavy (non-hydrogen) atoms.